The molecule has 0 saturated carbocycles. The number of hydrogen-bond donors (Lipinski definition) is 1. The maximum absolute atomic E-state index is 12.5. The lowest BCUT2D eigenvalue weighted by atomic mass is 9.96. The number of fused-ring (bicyclic) bond motifs is 1. The fraction of sp³-hybridized carbons (Fsp3) is 0.529. The molecule has 0 fully saturated rings. The van der Waals surface area contributed by atoms with Crippen molar-refractivity contribution in [3.05, 3.63) is 33.8 Å². The molecule has 0 aliphatic heterocycles. The first-order chi connectivity index (χ1) is 10.6. The topological polar surface area (TPSA) is 64.6 Å². The molecule has 0 bridgehead atoms. The Bertz CT molecular complexity index is 624. The Hall–Kier alpha value is -1.56. The van der Waals surface area contributed by atoms with Crippen molar-refractivity contribution < 1.29 is 19.1 Å². The third-order valence-electron chi connectivity index (χ3n) is 3.56. The second kappa shape index (κ2) is 6.51. The maximum atomic E-state index is 12.5. The highest BCUT2D eigenvalue weighted by atomic mass is 79.9. The number of halogens is 1. The van der Waals surface area contributed by atoms with Crippen LogP contribution < -0.4 is 5.32 Å². The molecule has 6 heteroatoms. The number of rotatable bonds is 3. The zero-order valence-corrected chi connectivity index (χ0v) is 15.5. The van der Waals surface area contributed by atoms with Crippen LogP contribution in [0.25, 0.3) is 0 Å². The molecule has 1 aliphatic rings. The predicted octanol–water partition coefficient (Wildman–Crippen LogP) is 3.37. The zero-order valence-electron chi connectivity index (χ0n) is 13.9. The number of nitrogens with one attached hydrogen (secondary N) is 1. The number of amides is 1. The van der Waals surface area contributed by atoms with Gasteiger partial charge in [-0.1, -0.05) is 22.0 Å². The van der Waals surface area contributed by atoms with E-state index in [1.807, 2.05) is 18.2 Å². The normalized spacial score (nSPS) is 19.9. The molecule has 5 nitrogen and oxygen atoms in total. The largest absolute Gasteiger partial charge is 0.464 e. The van der Waals surface area contributed by atoms with Crippen molar-refractivity contribution in [2.75, 3.05) is 6.61 Å². The van der Waals surface area contributed by atoms with E-state index in [4.69, 9.17) is 9.47 Å². The van der Waals surface area contributed by atoms with Gasteiger partial charge in [0.1, 0.15) is 11.1 Å². The van der Waals surface area contributed by atoms with Crippen LogP contribution in [0.15, 0.2) is 22.7 Å². The van der Waals surface area contributed by atoms with E-state index in [0.717, 1.165) is 15.6 Å². The van der Waals surface area contributed by atoms with E-state index in [9.17, 15) is 9.59 Å². The molecule has 2 rings (SSSR count). The monoisotopic (exact) mass is 383 g/mol. The molecule has 23 heavy (non-hydrogen) atoms. The van der Waals surface area contributed by atoms with Crippen molar-refractivity contribution in [3.63, 3.8) is 0 Å². The lowest BCUT2D eigenvalue weighted by Crippen LogP contribution is -2.57. The highest BCUT2D eigenvalue weighted by Gasteiger charge is 2.47. The lowest BCUT2D eigenvalue weighted by molar-refractivity contribution is -0.150. The molecule has 0 radical (unpaired) electrons. The van der Waals surface area contributed by atoms with Gasteiger partial charge in [-0.25, -0.2) is 9.59 Å². The summed E-state index contributed by atoms with van der Waals surface area (Å²) in [6, 6.07) is 5.85. The third-order valence-corrected chi connectivity index (χ3v) is 4.05. The molecule has 1 aromatic carbocycles. The second-order valence-electron chi connectivity index (χ2n) is 6.70. The second-order valence-corrected chi connectivity index (χ2v) is 7.61. The average molecular weight is 384 g/mol. The van der Waals surface area contributed by atoms with Gasteiger partial charge in [0.05, 0.1) is 6.61 Å². The Morgan fingerprint density at radius 2 is 1.91 bits per heavy atom. The molecule has 1 aliphatic carbocycles. The van der Waals surface area contributed by atoms with Gasteiger partial charge in [-0.2, -0.15) is 0 Å². The van der Waals surface area contributed by atoms with Gasteiger partial charge in [0.15, 0.2) is 0 Å². The van der Waals surface area contributed by atoms with Crippen molar-refractivity contribution in [2.45, 2.75) is 51.7 Å². The summed E-state index contributed by atoms with van der Waals surface area (Å²) in [5.74, 6) is -0.432. The molecule has 126 valence electrons. The van der Waals surface area contributed by atoms with Crippen LogP contribution in [0.1, 0.15) is 38.8 Å². The fourth-order valence-electron chi connectivity index (χ4n) is 2.70. The molecule has 1 N–H and O–H groups in total. The Labute approximate surface area is 144 Å². The number of carbonyl (C=O) groups is 2. The van der Waals surface area contributed by atoms with E-state index >= 15 is 0 Å². The molecule has 1 atom stereocenters. The van der Waals surface area contributed by atoms with Gasteiger partial charge in [-0.15, -0.1) is 0 Å². The molecule has 1 aromatic rings. The van der Waals surface area contributed by atoms with Gasteiger partial charge in [0.25, 0.3) is 0 Å². The minimum atomic E-state index is -1.11. The first-order valence-electron chi connectivity index (χ1n) is 7.61. The summed E-state index contributed by atoms with van der Waals surface area (Å²) < 4.78 is 11.4. The predicted molar refractivity (Wildman–Crippen MR) is 90.3 cm³/mol. The molecule has 0 spiro atoms. The lowest BCUT2D eigenvalue weighted by Gasteiger charge is -2.29. The Morgan fingerprint density at radius 3 is 2.52 bits per heavy atom. The van der Waals surface area contributed by atoms with Crippen LogP contribution in [0.3, 0.4) is 0 Å². The Balaban J connectivity index is 2.26. The van der Waals surface area contributed by atoms with E-state index in [2.05, 4.69) is 21.2 Å². The molecule has 1 unspecified atom stereocenters. The van der Waals surface area contributed by atoms with Crippen LogP contribution in [0.5, 0.6) is 0 Å². The summed E-state index contributed by atoms with van der Waals surface area (Å²) in [6.45, 7) is 7.35. The highest BCUT2D eigenvalue weighted by molar-refractivity contribution is 9.10. The van der Waals surface area contributed by atoms with Crippen LogP contribution in [0.4, 0.5) is 4.79 Å². The quantitative estimate of drug-likeness (QED) is 0.812. The number of ether oxygens (including phenoxy) is 2. The number of carbonyl (C=O) groups excluding carboxylic acids is 2. The fourth-order valence-corrected chi connectivity index (χ4v) is 3.10. The summed E-state index contributed by atoms with van der Waals surface area (Å²) in [7, 11) is 0. The van der Waals surface area contributed by atoms with Gasteiger partial charge in [0.2, 0.25) is 0 Å². The number of alkyl carbamates (subject to hydrolysis) is 1. The first kappa shape index (κ1) is 17.8. The Morgan fingerprint density at radius 1 is 1.26 bits per heavy atom. The zero-order chi connectivity index (χ0) is 17.3. The van der Waals surface area contributed by atoms with Crippen LogP contribution in [0, 0.1) is 0 Å². The summed E-state index contributed by atoms with van der Waals surface area (Å²) in [5, 5.41) is 2.75. The molecule has 1 amide bonds. The highest BCUT2D eigenvalue weighted by Crippen LogP contribution is 2.33. The van der Waals surface area contributed by atoms with Crippen LogP contribution in [-0.2, 0) is 27.1 Å². The number of esters is 1. The molecule has 0 aromatic heterocycles. The van der Waals surface area contributed by atoms with Gasteiger partial charge < -0.3 is 14.8 Å². The SMILES string of the molecule is CCOC(=O)C1(NC(=O)OC(C)(C)C)Cc2ccc(Br)cc2C1. The van der Waals surface area contributed by atoms with Crippen LogP contribution in [0.2, 0.25) is 0 Å². The minimum Gasteiger partial charge on any atom is -0.464 e. The van der Waals surface area contributed by atoms with E-state index in [1.54, 1.807) is 27.7 Å². The molecular formula is C17H22BrNO4. The summed E-state index contributed by atoms with van der Waals surface area (Å²) >= 11 is 3.43. The summed E-state index contributed by atoms with van der Waals surface area (Å²) in [4.78, 5) is 24.7. The maximum Gasteiger partial charge on any atom is 0.408 e. The van der Waals surface area contributed by atoms with Crippen molar-refractivity contribution in [2.24, 2.45) is 0 Å². The van der Waals surface area contributed by atoms with Gasteiger partial charge in [0, 0.05) is 17.3 Å². The van der Waals surface area contributed by atoms with E-state index < -0.39 is 23.2 Å². The van der Waals surface area contributed by atoms with Gasteiger partial charge in [-0.3, -0.25) is 0 Å². The molecule has 0 heterocycles. The molecular weight excluding hydrogens is 362 g/mol. The summed E-state index contributed by atoms with van der Waals surface area (Å²) in [5.41, 5.74) is 0.302. The average Bonchev–Trinajstić information content (AvgIpc) is 2.75. The van der Waals surface area contributed by atoms with Gasteiger partial charge in [-0.05, 0) is 51.0 Å². The van der Waals surface area contributed by atoms with Crippen LogP contribution in [-0.4, -0.2) is 29.8 Å². The van der Waals surface area contributed by atoms with E-state index in [1.165, 1.54) is 0 Å². The van der Waals surface area contributed by atoms with Crippen molar-refractivity contribution in [1.29, 1.82) is 0 Å². The van der Waals surface area contributed by atoms with Crippen molar-refractivity contribution in [1.82, 2.24) is 5.32 Å². The smallest absolute Gasteiger partial charge is 0.408 e. The van der Waals surface area contributed by atoms with E-state index in [-0.39, 0.29) is 6.61 Å². The van der Waals surface area contributed by atoms with Crippen molar-refractivity contribution >= 4 is 28.0 Å². The standard InChI is InChI=1S/C17H22BrNO4/c1-5-22-14(20)17(19-15(21)23-16(2,3)4)9-11-6-7-13(18)8-12(11)10-17/h6-8H,5,9-10H2,1-4H3,(H,19,21). The van der Waals surface area contributed by atoms with Crippen LogP contribution >= 0.6 is 15.9 Å². The van der Waals surface area contributed by atoms with Crippen molar-refractivity contribution in [3.8, 4) is 0 Å². The number of benzene rings is 1. The third kappa shape index (κ3) is 4.25. The molecule has 0 saturated heterocycles. The summed E-state index contributed by atoms with van der Waals surface area (Å²) in [6.07, 6.45) is 0.172. The first-order valence-corrected chi connectivity index (χ1v) is 8.40. The Kier molecular flexibility index (Phi) is 5.04. The van der Waals surface area contributed by atoms with E-state index in [0.29, 0.717) is 12.8 Å². The minimum absolute atomic E-state index is 0.261. The van der Waals surface area contributed by atoms with Gasteiger partial charge >= 0.3 is 12.1 Å². The number of hydrogen-bond acceptors (Lipinski definition) is 4.